The number of rotatable bonds is 3. The Morgan fingerprint density at radius 2 is 2.00 bits per heavy atom. The van der Waals surface area contributed by atoms with E-state index >= 15 is 0 Å². The van der Waals surface area contributed by atoms with Crippen molar-refractivity contribution in [3.05, 3.63) is 33.8 Å². The molecule has 0 saturated heterocycles. The van der Waals surface area contributed by atoms with Crippen molar-refractivity contribution in [3.8, 4) is 6.07 Å². The third-order valence-corrected chi connectivity index (χ3v) is 2.85. The maximum atomic E-state index is 12.0. The van der Waals surface area contributed by atoms with Crippen LogP contribution < -0.4 is 0 Å². The summed E-state index contributed by atoms with van der Waals surface area (Å²) in [6.07, 6.45) is 0. The Morgan fingerprint density at radius 1 is 1.38 bits per heavy atom. The van der Waals surface area contributed by atoms with Crippen LogP contribution in [0.5, 0.6) is 0 Å². The minimum Gasteiger partial charge on any atom is -0.293 e. The van der Waals surface area contributed by atoms with Gasteiger partial charge in [0.15, 0.2) is 5.78 Å². The second kappa shape index (κ2) is 5.34. The van der Waals surface area contributed by atoms with Crippen LogP contribution in [-0.2, 0) is 0 Å². The van der Waals surface area contributed by atoms with Crippen LogP contribution >= 0.6 is 23.2 Å². The number of benzene rings is 1. The van der Waals surface area contributed by atoms with Gasteiger partial charge in [0.25, 0.3) is 0 Å². The van der Waals surface area contributed by atoms with Crippen molar-refractivity contribution in [2.24, 2.45) is 11.8 Å². The zero-order chi connectivity index (χ0) is 12.3. The molecule has 0 aliphatic rings. The molecule has 16 heavy (non-hydrogen) atoms. The lowest BCUT2D eigenvalue weighted by Crippen LogP contribution is -2.19. The molecule has 84 valence electrons. The highest BCUT2D eigenvalue weighted by molar-refractivity contribution is 6.36. The molecule has 0 saturated carbocycles. The van der Waals surface area contributed by atoms with Gasteiger partial charge in [0, 0.05) is 10.6 Å². The van der Waals surface area contributed by atoms with Gasteiger partial charge in [-0.05, 0) is 24.1 Å². The van der Waals surface area contributed by atoms with E-state index in [1.54, 1.807) is 12.1 Å². The second-order valence-electron chi connectivity index (χ2n) is 3.84. The number of halogens is 2. The number of Topliss-reactive ketones (excluding diaryl/α,β-unsaturated/α-hetero) is 1. The predicted octanol–water partition coefficient (Wildman–Crippen LogP) is 3.97. The summed E-state index contributed by atoms with van der Waals surface area (Å²) in [4.78, 5) is 12.0. The summed E-state index contributed by atoms with van der Waals surface area (Å²) in [5, 5.41) is 9.71. The first-order valence-electron chi connectivity index (χ1n) is 4.86. The molecular formula is C12H11Cl2NO. The van der Waals surface area contributed by atoms with Crippen molar-refractivity contribution in [1.29, 1.82) is 5.26 Å². The number of nitriles is 1. The van der Waals surface area contributed by atoms with Crippen LogP contribution in [0.2, 0.25) is 10.0 Å². The van der Waals surface area contributed by atoms with Crippen molar-refractivity contribution in [3.63, 3.8) is 0 Å². The van der Waals surface area contributed by atoms with E-state index in [1.807, 2.05) is 19.9 Å². The van der Waals surface area contributed by atoms with E-state index in [0.29, 0.717) is 15.6 Å². The highest BCUT2D eigenvalue weighted by Gasteiger charge is 2.24. The molecule has 0 N–H and O–H groups in total. The highest BCUT2D eigenvalue weighted by Crippen LogP contribution is 2.25. The van der Waals surface area contributed by atoms with E-state index in [0.717, 1.165) is 0 Å². The molecule has 2 nitrogen and oxygen atoms in total. The molecule has 1 rings (SSSR count). The summed E-state index contributed by atoms with van der Waals surface area (Å²) in [7, 11) is 0. The van der Waals surface area contributed by atoms with Crippen LogP contribution in [0.1, 0.15) is 24.2 Å². The van der Waals surface area contributed by atoms with Crippen molar-refractivity contribution in [2.45, 2.75) is 13.8 Å². The molecule has 0 aromatic heterocycles. The van der Waals surface area contributed by atoms with Gasteiger partial charge in [-0.15, -0.1) is 0 Å². The molecule has 0 aliphatic heterocycles. The standard InChI is InChI=1S/C12H11Cl2NO/c1-7(2)10(6-15)12(16)9-5-8(13)3-4-11(9)14/h3-5,7,10H,1-2H3. The first kappa shape index (κ1) is 13.0. The molecule has 0 aliphatic carbocycles. The number of hydrogen-bond donors (Lipinski definition) is 0. The van der Waals surface area contributed by atoms with Crippen LogP contribution in [0.4, 0.5) is 0 Å². The summed E-state index contributed by atoms with van der Waals surface area (Å²) in [5.74, 6) is -1.01. The van der Waals surface area contributed by atoms with Crippen LogP contribution in [0.15, 0.2) is 18.2 Å². The molecular weight excluding hydrogens is 245 g/mol. The molecule has 1 unspecified atom stereocenters. The number of carbonyl (C=O) groups excluding carboxylic acids is 1. The first-order chi connectivity index (χ1) is 7.47. The average Bonchev–Trinajstić information content (AvgIpc) is 2.22. The normalized spacial score (nSPS) is 12.2. The lowest BCUT2D eigenvalue weighted by molar-refractivity contribution is 0.0924. The fraction of sp³-hybridized carbons (Fsp3) is 0.333. The molecule has 0 fully saturated rings. The topological polar surface area (TPSA) is 40.9 Å². The second-order valence-corrected chi connectivity index (χ2v) is 4.68. The van der Waals surface area contributed by atoms with E-state index in [1.165, 1.54) is 6.07 Å². The molecule has 1 atom stereocenters. The average molecular weight is 256 g/mol. The van der Waals surface area contributed by atoms with Crippen molar-refractivity contribution in [2.75, 3.05) is 0 Å². The summed E-state index contributed by atoms with van der Waals surface area (Å²) in [5.41, 5.74) is 0.314. The highest BCUT2D eigenvalue weighted by atomic mass is 35.5. The molecule has 0 radical (unpaired) electrons. The lowest BCUT2D eigenvalue weighted by atomic mass is 9.89. The van der Waals surface area contributed by atoms with Gasteiger partial charge in [-0.1, -0.05) is 37.0 Å². The van der Waals surface area contributed by atoms with Gasteiger partial charge in [-0.2, -0.15) is 5.26 Å². The van der Waals surface area contributed by atoms with Crippen molar-refractivity contribution < 1.29 is 4.79 Å². The number of ketones is 1. The molecule has 0 bridgehead atoms. The predicted molar refractivity (Wildman–Crippen MR) is 64.7 cm³/mol. The molecule has 0 heterocycles. The van der Waals surface area contributed by atoms with Gasteiger partial charge in [0.05, 0.1) is 11.1 Å². The Balaban J connectivity index is 3.14. The fourth-order valence-corrected chi connectivity index (χ4v) is 1.75. The smallest absolute Gasteiger partial charge is 0.181 e. The molecule has 1 aromatic rings. The number of hydrogen-bond acceptors (Lipinski definition) is 2. The Hall–Kier alpha value is -1.04. The zero-order valence-corrected chi connectivity index (χ0v) is 10.5. The van der Waals surface area contributed by atoms with Crippen LogP contribution in [0, 0.1) is 23.2 Å². The maximum absolute atomic E-state index is 12.0. The zero-order valence-electron chi connectivity index (χ0n) is 9.00. The van der Waals surface area contributed by atoms with E-state index in [9.17, 15) is 4.79 Å². The van der Waals surface area contributed by atoms with Gasteiger partial charge >= 0.3 is 0 Å². The summed E-state index contributed by atoms with van der Waals surface area (Å²) < 4.78 is 0. The Morgan fingerprint density at radius 3 is 2.50 bits per heavy atom. The Bertz CT molecular complexity index is 449. The lowest BCUT2D eigenvalue weighted by Gasteiger charge is -2.12. The summed E-state index contributed by atoms with van der Waals surface area (Å²) in [6.45, 7) is 3.65. The third kappa shape index (κ3) is 2.75. The van der Waals surface area contributed by atoms with Gasteiger partial charge in [-0.25, -0.2) is 0 Å². The van der Waals surface area contributed by atoms with Gasteiger partial charge < -0.3 is 0 Å². The quantitative estimate of drug-likeness (QED) is 0.767. The minimum absolute atomic E-state index is 0.0486. The van der Waals surface area contributed by atoms with Crippen LogP contribution in [0.25, 0.3) is 0 Å². The van der Waals surface area contributed by atoms with Gasteiger partial charge in [0.2, 0.25) is 0 Å². The van der Waals surface area contributed by atoms with Gasteiger partial charge in [-0.3, -0.25) is 4.79 Å². The third-order valence-electron chi connectivity index (χ3n) is 2.28. The molecule has 1 aromatic carbocycles. The van der Waals surface area contributed by atoms with E-state index in [-0.39, 0.29) is 11.7 Å². The SMILES string of the molecule is CC(C)C(C#N)C(=O)c1cc(Cl)ccc1Cl. The van der Waals surface area contributed by atoms with E-state index in [4.69, 9.17) is 28.5 Å². The molecule has 4 heteroatoms. The summed E-state index contributed by atoms with van der Waals surface area (Å²) in [6, 6.07) is 6.66. The summed E-state index contributed by atoms with van der Waals surface area (Å²) >= 11 is 11.7. The number of carbonyl (C=O) groups is 1. The Labute approximate surface area is 105 Å². The first-order valence-corrected chi connectivity index (χ1v) is 5.62. The Kier molecular flexibility index (Phi) is 4.35. The van der Waals surface area contributed by atoms with Crippen LogP contribution in [-0.4, -0.2) is 5.78 Å². The minimum atomic E-state index is -0.684. The van der Waals surface area contributed by atoms with E-state index < -0.39 is 5.92 Å². The van der Waals surface area contributed by atoms with Gasteiger partial charge in [0.1, 0.15) is 5.92 Å². The van der Waals surface area contributed by atoms with Crippen molar-refractivity contribution in [1.82, 2.24) is 0 Å². The van der Waals surface area contributed by atoms with E-state index in [2.05, 4.69) is 0 Å². The molecule has 0 spiro atoms. The fourth-order valence-electron chi connectivity index (χ4n) is 1.36. The molecule has 0 amide bonds. The maximum Gasteiger partial charge on any atom is 0.181 e. The monoisotopic (exact) mass is 255 g/mol. The number of nitrogens with zero attached hydrogens (tertiary/aromatic N) is 1. The largest absolute Gasteiger partial charge is 0.293 e. The van der Waals surface area contributed by atoms with Crippen molar-refractivity contribution >= 4 is 29.0 Å². The van der Waals surface area contributed by atoms with Crippen LogP contribution in [0.3, 0.4) is 0 Å².